The molecule has 0 spiro atoms. The quantitative estimate of drug-likeness (QED) is 0.761. The van der Waals surface area contributed by atoms with Crippen molar-refractivity contribution in [3.05, 3.63) is 53.6 Å². The molecule has 0 saturated carbocycles. The van der Waals surface area contributed by atoms with Crippen LogP contribution in [0, 0.1) is 0 Å². The zero-order valence-electron chi connectivity index (χ0n) is 13.9. The first-order valence-corrected chi connectivity index (χ1v) is 8.22. The predicted molar refractivity (Wildman–Crippen MR) is 93.5 cm³/mol. The van der Waals surface area contributed by atoms with Crippen molar-refractivity contribution in [2.45, 2.75) is 6.04 Å². The lowest BCUT2D eigenvalue weighted by Crippen LogP contribution is -2.48. The van der Waals surface area contributed by atoms with Crippen LogP contribution in [-0.2, 0) is 0 Å². The Morgan fingerprint density at radius 2 is 1.96 bits per heavy atom. The highest BCUT2D eigenvalue weighted by Gasteiger charge is 2.28. The molecule has 1 amide bonds. The predicted octanol–water partition coefficient (Wildman–Crippen LogP) is 1.75. The van der Waals surface area contributed by atoms with Crippen LogP contribution in [0.4, 0.5) is 0 Å². The number of piperazine rings is 1. The number of aromatic nitrogens is 3. The first-order valence-electron chi connectivity index (χ1n) is 8.22. The molecule has 1 fully saturated rings. The molecule has 1 aromatic heterocycles. The van der Waals surface area contributed by atoms with Crippen LogP contribution in [-0.4, -0.2) is 53.0 Å². The summed E-state index contributed by atoms with van der Waals surface area (Å²) in [6, 6.07) is 13.3. The number of hydrogen-bond acceptors (Lipinski definition) is 5. The summed E-state index contributed by atoms with van der Waals surface area (Å²) >= 11 is 0. The summed E-state index contributed by atoms with van der Waals surface area (Å²) in [6.45, 7) is 2.17. The van der Waals surface area contributed by atoms with E-state index >= 15 is 0 Å². The van der Waals surface area contributed by atoms with Crippen molar-refractivity contribution in [2.24, 2.45) is 0 Å². The molecule has 1 aliphatic heterocycles. The van der Waals surface area contributed by atoms with Crippen LogP contribution in [0.25, 0.3) is 11.0 Å². The van der Waals surface area contributed by atoms with Crippen LogP contribution in [0.1, 0.15) is 22.0 Å². The monoisotopic (exact) mass is 337 g/mol. The summed E-state index contributed by atoms with van der Waals surface area (Å²) in [5, 5.41) is 14.1. The van der Waals surface area contributed by atoms with Gasteiger partial charge in [-0.3, -0.25) is 4.79 Å². The zero-order chi connectivity index (χ0) is 17.2. The van der Waals surface area contributed by atoms with Gasteiger partial charge < -0.3 is 15.0 Å². The van der Waals surface area contributed by atoms with Gasteiger partial charge >= 0.3 is 0 Å². The number of methoxy groups -OCH3 is 1. The summed E-state index contributed by atoms with van der Waals surface area (Å²) in [7, 11) is 1.65. The van der Waals surface area contributed by atoms with Crippen molar-refractivity contribution in [1.82, 2.24) is 25.6 Å². The SMILES string of the molecule is COc1ccc(C2CNCCN2C(=O)c2ccc3n[nH]nc3c2)cc1. The van der Waals surface area contributed by atoms with Crippen LogP contribution in [0.3, 0.4) is 0 Å². The summed E-state index contributed by atoms with van der Waals surface area (Å²) in [5.41, 5.74) is 3.16. The highest BCUT2D eigenvalue weighted by Crippen LogP contribution is 2.26. The summed E-state index contributed by atoms with van der Waals surface area (Å²) < 4.78 is 5.22. The average molecular weight is 337 g/mol. The van der Waals surface area contributed by atoms with Gasteiger partial charge in [-0.2, -0.15) is 15.4 Å². The summed E-state index contributed by atoms with van der Waals surface area (Å²) in [6.07, 6.45) is 0. The third kappa shape index (κ3) is 2.94. The van der Waals surface area contributed by atoms with Gasteiger partial charge in [-0.1, -0.05) is 12.1 Å². The van der Waals surface area contributed by atoms with Crippen molar-refractivity contribution in [3.8, 4) is 5.75 Å². The third-order valence-corrected chi connectivity index (χ3v) is 4.57. The molecule has 2 heterocycles. The molecule has 7 nitrogen and oxygen atoms in total. The Kier molecular flexibility index (Phi) is 4.07. The van der Waals surface area contributed by atoms with Gasteiger partial charge in [-0.25, -0.2) is 0 Å². The number of H-pyrrole nitrogens is 1. The average Bonchev–Trinajstić information content (AvgIpc) is 3.15. The number of hydrogen-bond donors (Lipinski definition) is 2. The molecule has 0 aliphatic carbocycles. The van der Waals surface area contributed by atoms with Crippen LogP contribution >= 0.6 is 0 Å². The molecular weight excluding hydrogens is 318 g/mol. The Bertz CT molecular complexity index is 890. The second-order valence-electron chi connectivity index (χ2n) is 6.02. The van der Waals surface area contributed by atoms with E-state index in [0.717, 1.165) is 29.9 Å². The molecule has 1 saturated heterocycles. The van der Waals surface area contributed by atoms with Gasteiger partial charge in [0, 0.05) is 25.2 Å². The van der Waals surface area contributed by atoms with Crippen LogP contribution in [0.15, 0.2) is 42.5 Å². The maximum atomic E-state index is 13.1. The third-order valence-electron chi connectivity index (χ3n) is 4.57. The minimum atomic E-state index is -0.0137. The summed E-state index contributed by atoms with van der Waals surface area (Å²) in [4.78, 5) is 15.0. The highest BCUT2D eigenvalue weighted by molar-refractivity contribution is 5.97. The van der Waals surface area contributed by atoms with Gasteiger partial charge in [0.1, 0.15) is 16.8 Å². The van der Waals surface area contributed by atoms with Crippen molar-refractivity contribution in [2.75, 3.05) is 26.7 Å². The molecule has 0 radical (unpaired) electrons. The van der Waals surface area contributed by atoms with Gasteiger partial charge in [0.05, 0.1) is 13.2 Å². The van der Waals surface area contributed by atoms with Crippen LogP contribution in [0.2, 0.25) is 0 Å². The van der Waals surface area contributed by atoms with Crippen molar-refractivity contribution in [1.29, 1.82) is 0 Å². The lowest BCUT2D eigenvalue weighted by molar-refractivity contribution is 0.0634. The topological polar surface area (TPSA) is 83.1 Å². The second-order valence-corrected chi connectivity index (χ2v) is 6.02. The van der Waals surface area contributed by atoms with E-state index < -0.39 is 0 Å². The molecule has 7 heteroatoms. The molecule has 1 unspecified atom stereocenters. The van der Waals surface area contributed by atoms with Gasteiger partial charge in [0.15, 0.2) is 0 Å². The molecule has 2 aromatic carbocycles. The summed E-state index contributed by atoms with van der Waals surface area (Å²) in [5.74, 6) is 0.814. The lowest BCUT2D eigenvalue weighted by atomic mass is 10.0. The van der Waals surface area contributed by atoms with Crippen LogP contribution in [0.5, 0.6) is 5.75 Å². The lowest BCUT2D eigenvalue weighted by Gasteiger charge is -2.36. The number of nitrogens with zero attached hydrogens (tertiary/aromatic N) is 3. The number of benzene rings is 2. The molecule has 2 N–H and O–H groups in total. The maximum absolute atomic E-state index is 13.1. The van der Waals surface area contributed by atoms with Crippen molar-refractivity contribution < 1.29 is 9.53 Å². The van der Waals surface area contributed by atoms with Crippen molar-refractivity contribution >= 4 is 16.9 Å². The van der Waals surface area contributed by atoms with Crippen molar-refractivity contribution in [3.63, 3.8) is 0 Å². The minimum absolute atomic E-state index is 0.00668. The fourth-order valence-corrected chi connectivity index (χ4v) is 3.21. The Morgan fingerprint density at radius 1 is 1.16 bits per heavy atom. The van der Waals surface area contributed by atoms with E-state index in [2.05, 4.69) is 20.7 Å². The molecule has 1 aliphatic rings. The van der Waals surface area contributed by atoms with E-state index in [9.17, 15) is 4.79 Å². The largest absolute Gasteiger partial charge is 0.497 e. The second kappa shape index (κ2) is 6.52. The number of aromatic amines is 1. The number of carbonyl (C=O) groups is 1. The normalized spacial score (nSPS) is 17.6. The van der Waals surface area contributed by atoms with Gasteiger partial charge in [-0.15, -0.1) is 0 Å². The first-order chi connectivity index (χ1) is 12.3. The molecule has 25 heavy (non-hydrogen) atoms. The Balaban J connectivity index is 1.63. The Labute approximate surface area is 145 Å². The van der Waals surface area contributed by atoms with E-state index in [1.807, 2.05) is 35.2 Å². The Hall–Kier alpha value is -2.93. The highest BCUT2D eigenvalue weighted by atomic mass is 16.5. The Morgan fingerprint density at radius 3 is 2.76 bits per heavy atom. The van der Waals surface area contributed by atoms with E-state index in [-0.39, 0.29) is 11.9 Å². The number of ether oxygens (including phenoxy) is 1. The van der Waals surface area contributed by atoms with E-state index in [1.54, 1.807) is 19.2 Å². The molecule has 128 valence electrons. The number of carbonyl (C=O) groups excluding carboxylic acids is 1. The van der Waals surface area contributed by atoms with Gasteiger partial charge in [0.25, 0.3) is 5.91 Å². The van der Waals surface area contributed by atoms with Gasteiger partial charge in [-0.05, 0) is 35.9 Å². The van der Waals surface area contributed by atoms with E-state index in [4.69, 9.17) is 4.74 Å². The molecule has 3 aromatic rings. The van der Waals surface area contributed by atoms with E-state index in [1.165, 1.54) is 0 Å². The zero-order valence-corrected chi connectivity index (χ0v) is 13.9. The van der Waals surface area contributed by atoms with Gasteiger partial charge in [0.2, 0.25) is 0 Å². The minimum Gasteiger partial charge on any atom is -0.497 e. The maximum Gasteiger partial charge on any atom is 0.254 e. The molecule has 0 bridgehead atoms. The number of amides is 1. The first kappa shape index (κ1) is 15.6. The molecule has 1 atom stereocenters. The number of fused-ring (bicyclic) bond motifs is 1. The van der Waals surface area contributed by atoms with Crippen LogP contribution < -0.4 is 10.1 Å². The number of nitrogens with one attached hydrogen (secondary N) is 2. The smallest absolute Gasteiger partial charge is 0.254 e. The standard InChI is InChI=1S/C18H19N5O2/c1-25-14-5-2-12(3-6-14)17-11-19-8-9-23(17)18(24)13-4-7-15-16(10-13)21-22-20-15/h2-7,10,17,19H,8-9,11H2,1H3,(H,20,21,22). The molecular formula is C18H19N5O2. The number of rotatable bonds is 3. The fraction of sp³-hybridized carbons (Fsp3) is 0.278. The fourth-order valence-electron chi connectivity index (χ4n) is 3.21. The molecule has 4 rings (SSSR count). The van der Waals surface area contributed by atoms with E-state index in [0.29, 0.717) is 17.6 Å².